The molecule has 0 fully saturated rings. The molecule has 5 N–H and O–H groups in total. The first-order chi connectivity index (χ1) is 11.1. The summed E-state index contributed by atoms with van der Waals surface area (Å²) in [6.07, 6.45) is 6.98. The van der Waals surface area contributed by atoms with Crippen molar-refractivity contribution in [3.63, 3.8) is 0 Å². The van der Waals surface area contributed by atoms with Crippen LogP contribution in [0.2, 0.25) is 0 Å². The smallest absolute Gasteiger partial charge is 0.278 e. The number of aromatic nitrogens is 2. The van der Waals surface area contributed by atoms with Crippen LogP contribution in [0.4, 0.5) is 5.82 Å². The Morgan fingerprint density at radius 3 is 2.78 bits per heavy atom. The van der Waals surface area contributed by atoms with Crippen LogP contribution in [0.15, 0.2) is 30.7 Å². The Bertz CT molecular complexity index is 672. The minimum atomic E-state index is -0.234. The second kappa shape index (κ2) is 8.12. The lowest BCUT2D eigenvalue weighted by Gasteiger charge is -2.12. The molecule has 1 aromatic carbocycles. The van der Waals surface area contributed by atoms with Gasteiger partial charge in [0.05, 0.1) is 6.61 Å². The molecule has 0 aliphatic carbocycles. The van der Waals surface area contributed by atoms with Gasteiger partial charge in [-0.3, -0.25) is 5.41 Å². The molecule has 0 bridgehead atoms. The van der Waals surface area contributed by atoms with Gasteiger partial charge in [-0.25, -0.2) is 9.97 Å². The van der Waals surface area contributed by atoms with Crippen molar-refractivity contribution in [2.75, 3.05) is 12.3 Å². The van der Waals surface area contributed by atoms with Crippen molar-refractivity contribution in [3.05, 3.63) is 41.9 Å². The SMILES string of the molecule is CCCc1ccc(-c2cncnc2N)cc1CCCOC(=N)N. The molecule has 2 aromatic rings. The number of aryl methyl sites for hydroxylation is 2. The van der Waals surface area contributed by atoms with E-state index in [1.165, 1.54) is 17.5 Å². The Morgan fingerprint density at radius 1 is 1.26 bits per heavy atom. The summed E-state index contributed by atoms with van der Waals surface area (Å²) < 4.78 is 5.02. The largest absolute Gasteiger partial charge is 0.466 e. The molecule has 1 aromatic heterocycles. The average Bonchev–Trinajstić information content (AvgIpc) is 2.53. The fourth-order valence-corrected chi connectivity index (χ4v) is 2.55. The van der Waals surface area contributed by atoms with Crippen LogP contribution >= 0.6 is 0 Å². The molecule has 122 valence electrons. The Hall–Kier alpha value is -2.63. The van der Waals surface area contributed by atoms with E-state index in [2.05, 4.69) is 35.1 Å². The van der Waals surface area contributed by atoms with E-state index in [1.54, 1.807) is 6.20 Å². The first kappa shape index (κ1) is 16.7. The highest BCUT2D eigenvalue weighted by molar-refractivity contribution is 5.73. The highest BCUT2D eigenvalue weighted by Crippen LogP contribution is 2.26. The van der Waals surface area contributed by atoms with E-state index in [9.17, 15) is 0 Å². The lowest BCUT2D eigenvalue weighted by atomic mass is 9.95. The Morgan fingerprint density at radius 2 is 2.09 bits per heavy atom. The van der Waals surface area contributed by atoms with E-state index >= 15 is 0 Å². The summed E-state index contributed by atoms with van der Waals surface area (Å²) in [7, 11) is 0. The molecule has 2 rings (SSSR count). The van der Waals surface area contributed by atoms with Gasteiger partial charge >= 0.3 is 0 Å². The van der Waals surface area contributed by atoms with Gasteiger partial charge in [0.1, 0.15) is 12.1 Å². The zero-order valence-corrected chi connectivity index (χ0v) is 13.4. The van der Waals surface area contributed by atoms with Crippen molar-refractivity contribution in [1.29, 1.82) is 5.41 Å². The number of hydrogen-bond donors (Lipinski definition) is 3. The molecule has 0 aliphatic heterocycles. The summed E-state index contributed by atoms with van der Waals surface area (Å²) in [5.74, 6) is 0.481. The molecule has 23 heavy (non-hydrogen) atoms. The molecule has 0 saturated carbocycles. The summed E-state index contributed by atoms with van der Waals surface area (Å²) in [4.78, 5) is 8.10. The van der Waals surface area contributed by atoms with E-state index < -0.39 is 0 Å². The molecule has 0 radical (unpaired) electrons. The normalized spacial score (nSPS) is 10.5. The Balaban J connectivity index is 2.21. The molecule has 1 heterocycles. The third kappa shape index (κ3) is 4.67. The number of nitrogens with two attached hydrogens (primary N) is 2. The highest BCUT2D eigenvalue weighted by atomic mass is 16.5. The summed E-state index contributed by atoms with van der Waals surface area (Å²) in [5, 5.41) is 7.08. The quantitative estimate of drug-likeness (QED) is 0.413. The van der Waals surface area contributed by atoms with Gasteiger partial charge in [-0.15, -0.1) is 0 Å². The van der Waals surface area contributed by atoms with Gasteiger partial charge in [0.15, 0.2) is 0 Å². The molecule has 0 spiro atoms. The van der Waals surface area contributed by atoms with Crippen LogP contribution in [-0.2, 0) is 17.6 Å². The van der Waals surface area contributed by atoms with E-state index in [0.29, 0.717) is 12.4 Å². The topological polar surface area (TPSA) is 111 Å². The monoisotopic (exact) mass is 313 g/mol. The third-order valence-corrected chi connectivity index (χ3v) is 3.63. The predicted octanol–water partition coefficient (Wildman–Crippen LogP) is 2.52. The van der Waals surface area contributed by atoms with Crippen molar-refractivity contribution in [1.82, 2.24) is 9.97 Å². The standard InChI is InChI=1S/C17H23N5O/c1-2-4-12-6-7-14(15-10-21-11-22-16(15)18)9-13(12)5-3-8-23-17(19)20/h6-7,9-11H,2-5,8H2,1H3,(H3,19,20)(H2,18,21,22). The first-order valence-electron chi connectivity index (χ1n) is 7.76. The van der Waals surface area contributed by atoms with Crippen molar-refractivity contribution in [2.45, 2.75) is 32.6 Å². The predicted molar refractivity (Wildman–Crippen MR) is 92.1 cm³/mol. The number of benzene rings is 1. The number of amidine groups is 1. The van der Waals surface area contributed by atoms with Crippen LogP contribution in [-0.4, -0.2) is 22.6 Å². The van der Waals surface area contributed by atoms with E-state index in [4.69, 9.17) is 21.6 Å². The third-order valence-electron chi connectivity index (χ3n) is 3.63. The first-order valence-corrected chi connectivity index (χ1v) is 7.76. The van der Waals surface area contributed by atoms with Crippen molar-refractivity contribution < 1.29 is 4.74 Å². The minimum absolute atomic E-state index is 0.234. The molecular formula is C17H23N5O. The van der Waals surface area contributed by atoms with E-state index in [-0.39, 0.29) is 6.02 Å². The molecule has 0 saturated heterocycles. The van der Waals surface area contributed by atoms with Crippen LogP contribution in [0, 0.1) is 5.41 Å². The number of rotatable bonds is 7. The number of nitrogen functional groups attached to an aromatic ring is 1. The summed E-state index contributed by atoms with van der Waals surface area (Å²) in [6.45, 7) is 2.61. The summed E-state index contributed by atoms with van der Waals surface area (Å²) in [5.41, 5.74) is 15.6. The lowest BCUT2D eigenvalue weighted by Crippen LogP contribution is -2.15. The molecular weight excluding hydrogens is 290 g/mol. The summed E-state index contributed by atoms with van der Waals surface area (Å²) >= 11 is 0. The van der Waals surface area contributed by atoms with E-state index in [0.717, 1.165) is 36.8 Å². The number of hydrogen-bond acceptors (Lipinski definition) is 5. The van der Waals surface area contributed by atoms with Gasteiger partial charge in [0.2, 0.25) is 0 Å². The van der Waals surface area contributed by atoms with Crippen LogP contribution in [0.1, 0.15) is 30.9 Å². The van der Waals surface area contributed by atoms with Gasteiger partial charge in [0.25, 0.3) is 6.02 Å². The van der Waals surface area contributed by atoms with Crippen molar-refractivity contribution in [3.8, 4) is 11.1 Å². The van der Waals surface area contributed by atoms with Crippen LogP contribution in [0.25, 0.3) is 11.1 Å². The molecule has 0 amide bonds. The fraction of sp³-hybridized carbons (Fsp3) is 0.353. The lowest BCUT2D eigenvalue weighted by molar-refractivity contribution is 0.291. The number of nitrogens with zero attached hydrogens (tertiary/aromatic N) is 2. The maximum absolute atomic E-state index is 7.08. The van der Waals surface area contributed by atoms with Gasteiger partial charge in [-0.2, -0.15) is 0 Å². The van der Waals surface area contributed by atoms with Crippen LogP contribution < -0.4 is 11.5 Å². The van der Waals surface area contributed by atoms with Gasteiger partial charge in [-0.05, 0) is 36.0 Å². The Kier molecular flexibility index (Phi) is 5.91. The molecule has 6 heteroatoms. The van der Waals surface area contributed by atoms with Crippen LogP contribution in [0.5, 0.6) is 0 Å². The summed E-state index contributed by atoms with van der Waals surface area (Å²) in [6, 6.07) is 6.12. The fourth-order valence-electron chi connectivity index (χ4n) is 2.55. The second-order valence-electron chi connectivity index (χ2n) is 5.37. The van der Waals surface area contributed by atoms with Crippen LogP contribution in [0.3, 0.4) is 0 Å². The molecule has 6 nitrogen and oxygen atoms in total. The number of nitrogens with one attached hydrogen (secondary N) is 1. The second-order valence-corrected chi connectivity index (χ2v) is 5.37. The maximum Gasteiger partial charge on any atom is 0.278 e. The van der Waals surface area contributed by atoms with Gasteiger partial charge in [-0.1, -0.05) is 31.5 Å². The van der Waals surface area contributed by atoms with Gasteiger partial charge in [0, 0.05) is 11.8 Å². The Labute approximate surface area is 136 Å². The molecule has 0 unspecified atom stereocenters. The highest BCUT2D eigenvalue weighted by Gasteiger charge is 2.08. The zero-order valence-electron chi connectivity index (χ0n) is 13.4. The van der Waals surface area contributed by atoms with Gasteiger partial charge < -0.3 is 16.2 Å². The minimum Gasteiger partial charge on any atom is -0.466 e. The zero-order chi connectivity index (χ0) is 16.7. The maximum atomic E-state index is 7.08. The number of anilines is 1. The van der Waals surface area contributed by atoms with Crippen molar-refractivity contribution >= 4 is 11.8 Å². The van der Waals surface area contributed by atoms with Crippen molar-refractivity contribution in [2.24, 2.45) is 5.73 Å². The molecule has 0 aliphatic rings. The molecule has 0 atom stereocenters. The number of ether oxygens (including phenoxy) is 1. The average molecular weight is 313 g/mol. The van der Waals surface area contributed by atoms with E-state index in [1.807, 2.05) is 0 Å².